The third kappa shape index (κ3) is 6.00. The maximum Gasteiger partial charge on any atom is 0.266 e. The van der Waals surface area contributed by atoms with E-state index < -0.39 is 0 Å². The molecular weight excluding hydrogens is 538 g/mol. The Bertz CT molecular complexity index is 1490. The van der Waals surface area contributed by atoms with Gasteiger partial charge < -0.3 is 9.47 Å². The Balaban J connectivity index is 1.48. The Kier molecular flexibility index (Phi) is 8.24. The Morgan fingerprint density at radius 2 is 1.84 bits per heavy atom. The summed E-state index contributed by atoms with van der Waals surface area (Å²) in [4.78, 5) is 15.2. The minimum Gasteiger partial charge on any atom is -0.489 e. The van der Waals surface area contributed by atoms with Crippen LogP contribution in [-0.4, -0.2) is 45.2 Å². The Hall–Kier alpha value is -3.43. The fourth-order valence-electron chi connectivity index (χ4n) is 3.93. The second kappa shape index (κ2) is 12.0. The lowest BCUT2D eigenvalue weighted by Crippen LogP contribution is -2.31. The van der Waals surface area contributed by atoms with E-state index in [4.69, 9.17) is 38.4 Å². The number of methoxy groups -OCH3 is 1. The second-order valence-electron chi connectivity index (χ2n) is 8.48. The van der Waals surface area contributed by atoms with Crippen molar-refractivity contribution < 1.29 is 14.3 Å². The molecule has 1 amide bonds. The largest absolute Gasteiger partial charge is 0.489 e. The zero-order chi connectivity index (χ0) is 26.5. The van der Waals surface area contributed by atoms with E-state index in [9.17, 15) is 4.79 Å². The number of halogens is 1. The monoisotopic (exact) mass is 561 g/mol. The highest BCUT2D eigenvalue weighted by molar-refractivity contribution is 8.26. The number of ether oxygens (including phenoxy) is 2. The molecule has 2 heterocycles. The van der Waals surface area contributed by atoms with Crippen LogP contribution >= 0.6 is 35.6 Å². The number of hydrogen-bond donors (Lipinski definition) is 0. The van der Waals surface area contributed by atoms with Crippen LogP contribution in [0.2, 0.25) is 5.02 Å². The van der Waals surface area contributed by atoms with Crippen LogP contribution in [0.25, 0.3) is 23.0 Å². The number of carbonyl (C=O) groups excluding carboxylic acids is 1. The summed E-state index contributed by atoms with van der Waals surface area (Å²) in [5, 5.41) is 5.58. The topological polar surface area (TPSA) is 56.6 Å². The lowest BCUT2D eigenvalue weighted by atomic mass is 10.1. The quantitative estimate of drug-likeness (QED) is 0.169. The average Bonchev–Trinajstić information content (AvgIpc) is 3.48. The highest BCUT2D eigenvalue weighted by atomic mass is 35.5. The maximum atomic E-state index is 13.1. The lowest BCUT2D eigenvalue weighted by molar-refractivity contribution is -0.122. The predicted octanol–water partition coefficient (Wildman–Crippen LogP) is 6.62. The third-order valence-electron chi connectivity index (χ3n) is 5.87. The summed E-state index contributed by atoms with van der Waals surface area (Å²) in [5.41, 5.74) is 4.33. The minimum atomic E-state index is -0.129. The molecule has 6 nitrogen and oxygen atoms in total. The summed E-state index contributed by atoms with van der Waals surface area (Å²) < 4.78 is 13.5. The van der Waals surface area contributed by atoms with Gasteiger partial charge in [-0.2, -0.15) is 5.10 Å². The number of thiocarbonyl (C=S) groups is 1. The first-order chi connectivity index (χ1) is 18.5. The molecule has 0 atom stereocenters. The van der Waals surface area contributed by atoms with Gasteiger partial charge >= 0.3 is 0 Å². The number of rotatable bonds is 9. The molecule has 0 N–H and O–H groups in total. The van der Waals surface area contributed by atoms with Crippen molar-refractivity contribution in [2.45, 2.75) is 6.61 Å². The smallest absolute Gasteiger partial charge is 0.266 e. The average molecular weight is 562 g/mol. The van der Waals surface area contributed by atoms with Crippen LogP contribution < -0.4 is 4.74 Å². The van der Waals surface area contributed by atoms with Crippen LogP contribution in [0.4, 0.5) is 0 Å². The van der Waals surface area contributed by atoms with E-state index in [0.717, 1.165) is 28.1 Å². The molecule has 1 fully saturated rings. The summed E-state index contributed by atoms with van der Waals surface area (Å²) in [5.74, 6) is 0.582. The second-order valence-corrected chi connectivity index (χ2v) is 10.6. The number of aromatic nitrogens is 2. The van der Waals surface area contributed by atoms with Crippen LogP contribution in [-0.2, 0) is 16.1 Å². The van der Waals surface area contributed by atoms with E-state index in [1.54, 1.807) is 12.0 Å². The first-order valence-electron chi connectivity index (χ1n) is 11.9. The fraction of sp³-hybridized carbons (Fsp3) is 0.138. The molecule has 38 heavy (non-hydrogen) atoms. The molecule has 192 valence electrons. The molecule has 1 aromatic heterocycles. The zero-order valence-corrected chi connectivity index (χ0v) is 22.9. The predicted molar refractivity (Wildman–Crippen MR) is 157 cm³/mol. The van der Waals surface area contributed by atoms with E-state index in [-0.39, 0.29) is 5.91 Å². The van der Waals surface area contributed by atoms with Gasteiger partial charge in [-0.3, -0.25) is 9.69 Å². The van der Waals surface area contributed by atoms with E-state index >= 15 is 0 Å². The van der Waals surface area contributed by atoms with Crippen molar-refractivity contribution in [2.75, 3.05) is 20.3 Å². The van der Waals surface area contributed by atoms with Crippen LogP contribution in [0.5, 0.6) is 5.75 Å². The lowest BCUT2D eigenvalue weighted by Gasteiger charge is -2.12. The van der Waals surface area contributed by atoms with Crippen molar-refractivity contribution in [2.24, 2.45) is 0 Å². The molecule has 0 saturated carbocycles. The van der Waals surface area contributed by atoms with Gasteiger partial charge in [0.25, 0.3) is 5.91 Å². The number of hydrogen-bond acceptors (Lipinski definition) is 6. The molecular formula is C29H24ClN3O3S2. The molecule has 1 saturated heterocycles. The normalized spacial score (nSPS) is 14.5. The number of nitrogens with zero attached hydrogens (tertiary/aromatic N) is 3. The van der Waals surface area contributed by atoms with Crippen molar-refractivity contribution in [3.8, 4) is 22.7 Å². The van der Waals surface area contributed by atoms with Gasteiger partial charge in [0.15, 0.2) is 0 Å². The molecule has 0 radical (unpaired) electrons. The molecule has 1 aliphatic rings. The molecule has 9 heteroatoms. The van der Waals surface area contributed by atoms with E-state index in [1.165, 1.54) is 11.8 Å². The summed E-state index contributed by atoms with van der Waals surface area (Å²) in [6, 6.07) is 25.2. The van der Waals surface area contributed by atoms with Gasteiger partial charge in [-0.1, -0.05) is 78.0 Å². The highest BCUT2D eigenvalue weighted by Crippen LogP contribution is 2.35. The van der Waals surface area contributed by atoms with Crippen molar-refractivity contribution in [1.82, 2.24) is 14.7 Å². The Morgan fingerprint density at radius 1 is 1.05 bits per heavy atom. The summed E-state index contributed by atoms with van der Waals surface area (Å²) in [6.07, 6.45) is 3.78. The molecule has 0 unspecified atom stereocenters. The van der Waals surface area contributed by atoms with Crippen LogP contribution in [0.3, 0.4) is 0 Å². The molecule has 3 aromatic carbocycles. The highest BCUT2D eigenvalue weighted by Gasteiger charge is 2.32. The van der Waals surface area contributed by atoms with Gasteiger partial charge in [-0.25, -0.2) is 4.68 Å². The number of benzene rings is 3. The van der Waals surface area contributed by atoms with Gasteiger partial charge in [-0.05, 0) is 48.0 Å². The van der Waals surface area contributed by atoms with E-state index in [2.05, 4.69) is 0 Å². The first kappa shape index (κ1) is 26.2. The van der Waals surface area contributed by atoms with Gasteiger partial charge in [0.05, 0.1) is 23.7 Å². The number of para-hydroxylation sites is 1. The van der Waals surface area contributed by atoms with Gasteiger partial charge in [0.2, 0.25) is 0 Å². The van der Waals surface area contributed by atoms with E-state index in [1.807, 2.05) is 95.8 Å². The molecule has 1 aliphatic heterocycles. The fourth-order valence-corrected chi connectivity index (χ4v) is 5.35. The molecule has 0 aliphatic carbocycles. The van der Waals surface area contributed by atoms with Crippen molar-refractivity contribution in [1.29, 1.82) is 0 Å². The number of thioether (sulfide) groups is 1. The standard InChI is InChI=1S/C29H24ClN3O3S2/c1-35-15-14-32-28(34)26(38-29(32)37)17-22-18-33(24-7-3-2-4-8-24)31-27(22)21-6-5-9-25(16-21)36-19-20-10-12-23(30)13-11-20/h2-13,16-18H,14-15,19H2,1H3/b26-17-. The number of carbonyl (C=O) groups is 1. The molecule has 0 spiro atoms. The third-order valence-corrected chi connectivity index (χ3v) is 7.50. The van der Waals surface area contributed by atoms with Crippen molar-refractivity contribution >= 4 is 51.9 Å². The zero-order valence-electron chi connectivity index (χ0n) is 20.5. The first-order valence-corrected chi connectivity index (χ1v) is 13.5. The van der Waals surface area contributed by atoms with Crippen LogP contribution in [0, 0.1) is 0 Å². The van der Waals surface area contributed by atoms with Crippen LogP contribution in [0.1, 0.15) is 11.1 Å². The summed E-state index contributed by atoms with van der Waals surface area (Å²) in [6.45, 7) is 1.25. The van der Waals surface area contributed by atoms with E-state index in [0.29, 0.717) is 39.8 Å². The maximum absolute atomic E-state index is 13.1. The summed E-state index contributed by atoms with van der Waals surface area (Å²) >= 11 is 12.7. The van der Waals surface area contributed by atoms with Crippen molar-refractivity contribution in [3.05, 3.63) is 106 Å². The Morgan fingerprint density at radius 3 is 2.61 bits per heavy atom. The Labute approximate surface area is 235 Å². The molecule has 4 aromatic rings. The van der Waals surface area contributed by atoms with Gasteiger partial charge in [-0.15, -0.1) is 0 Å². The van der Waals surface area contributed by atoms with Gasteiger partial charge in [0.1, 0.15) is 22.4 Å². The van der Waals surface area contributed by atoms with Crippen molar-refractivity contribution in [3.63, 3.8) is 0 Å². The molecule has 0 bridgehead atoms. The number of amides is 1. The minimum absolute atomic E-state index is 0.129. The SMILES string of the molecule is COCCN1C(=O)/C(=C/c2cn(-c3ccccc3)nc2-c2cccc(OCc3ccc(Cl)cc3)c2)SC1=S. The molecule has 5 rings (SSSR count). The van der Waals surface area contributed by atoms with Gasteiger partial charge in [0, 0.05) is 29.5 Å². The van der Waals surface area contributed by atoms with Crippen LogP contribution in [0.15, 0.2) is 90.0 Å². The summed E-state index contributed by atoms with van der Waals surface area (Å²) in [7, 11) is 1.60.